The summed E-state index contributed by atoms with van der Waals surface area (Å²) < 4.78 is 5.50. The van der Waals surface area contributed by atoms with Crippen molar-refractivity contribution in [1.29, 1.82) is 0 Å². The van der Waals surface area contributed by atoms with E-state index in [0.717, 1.165) is 37.8 Å². The van der Waals surface area contributed by atoms with E-state index >= 15 is 0 Å². The lowest BCUT2D eigenvalue weighted by molar-refractivity contribution is -0.133. The van der Waals surface area contributed by atoms with Crippen molar-refractivity contribution < 1.29 is 14.3 Å². The van der Waals surface area contributed by atoms with Crippen molar-refractivity contribution in [3.8, 4) is 0 Å². The van der Waals surface area contributed by atoms with Gasteiger partial charge in [0.25, 0.3) is 0 Å². The minimum atomic E-state index is -0.500. The van der Waals surface area contributed by atoms with Crippen LogP contribution >= 0.6 is 0 Å². The van der Waals surface area contributed by atoms with Gasteiger partial charge in [-0.15, -0.1) is 0 Å². The van der Waals surface area contributed by atoms with Crippen LogP contribution in [0.3, 0.4) is 0 Å². The summed E-state index contributed by atoms with van der Waals surface area (Å²) in [6, 6.07) is 9.46. The molecule has 6 heteroatoms. The van der Waals surface area contributed by atoms with Crippen molar-refractivity contribution in [1.82, 2.24) is 9.80 Å². The molecule has 1 heterocycles. The first-order chi connectivity index (χ1) is 12.1. The van der Waals surface area contributed by atoms with Gasteiger partial charge in [0.2, 0.25) is 5.91 Å². The smallest absolute Gasteiger partial charge is 0.410 e. The molecule has 25 heavy (non-hydrogen) atoms. The zero-order valence-corrected chi connectivity index (χ0v) is 14.8. The van der Waals surface area contributed by atoms with Gasteiger partial charge in [0.05, 0.1) is 6.04 Å². The van der Waals surface area contributed by atoms with Gasteiger partial charge in [-0.05, 0) is 38.2 Å². The molecule has 3 rings (SSSR count). The topological polar surface area (TPSA) is 75.9 Å². The molecule has 2 amide bonds. The van der Waals surface area contributed by atoms with Crippen LogP contribution in [0.4, 0.5) is 4.79 Å². The molecule has 2 N–H and O–H groups in total. The summed E-state index contributed by atoms with van der Waals surface area (Å²) in [7, 11) is 0. The molecule has 1 saturated carbocycles. The standard InChI is InChI=1S/C19H27N3O3/c1-14(20)18(23)21-11-5-8-17(21)12-22(16-9-10-16)19(24)25-13-15-6-3-2-4-7-15/h2-4,6-7,14,16-17H,5,8-13,20H2,1H3/t14-,17-/m0/s1. The van der Waals surface area contributed by atoms with Crippen LogP contribution in [-0.4, -0.2) is 53.0 Å². The highest BCUT2D eigenvalue weighted by Crippen LogP contribution is 2.30. The molecule has 1 aromatic carbocycles. The van der Waals surface area contributed by atoms with E-state index in [1.54, 1.807) is 11.8 Å². The maximum atomic E-state index is 12.6. The predicted octanol–water partition coefficient (Wildman–Crippen LogP) is 2.13. The van der Waals surface area contributed by atoms with Crippen LogP contribution in [0.1, 0.15) is 38.2 Å². The first-order valence-corrected chi connectivity index (χ1v) is 9.09. The third kappa shape index (κ3) is 4.51. The Morgan fingerprint density at radius 1 is 1.28 bits per heavy atom. The number of ether oxygens (including phenoxy) is 1. The normalized spacial score (nSPS) is 21.0. The number of nitrogens with two attached hydrogens (primary N) is 1. The van der Waals surface area contributed by atoms with Gasteiger partial charge in [-0.1, -0.05) is 30.3 Å². The summed E-state index contributed by atoms with van der Waals surface area (Å²) in [6.45, 7) is 3.25. The van der Waals surface area contributed by atoms with Crippen LogP contribution in [0.2, 0.25) is 0 Å². The second-order valence-corrected chi connectivity index (χ2v) is 7.04. The second kappa shape index (κ2) is 7.87. The largest absolute Gasteiger partial charge is 0.445 e. The lowest BCUT2D eigenvalue weighted by Gasteiger charge is -2.31. The van der Waals surface area contributed by atoms with E-state index < -0.39 is 6.04 Å². The third-order valence-corrected chi connectivity index (χ3v) is 4.88. The van der Waals surface area contributed by atoms with Gasteiger partial charge in [0, 0.05) is 25.2 Å². The Morgan fingerprint density at radius 2 is 2.00 bits per heavy atom. The Kier molecular flexibility index (Phi) is 5.58. The highest BCUT2D eigenvalue weighted by atomic mass is 16.6. The average Bonchev–Trinajstić information content (AvgIpc) is 3.35. The quantitative estimate of drug-likeness (QED) is 0.857. The van der Waals surface area contributed by atoms with Crippen LogP contribution in [-0.2, 0) is 16.1 Å². The Labute approximate surface area is 148 Å². The summed E-state index contributed by atoms with van der Waals surface area (Å²) in [6.07, 6.45) is 3.60. The molecule has 1 aromatic rings. The van der Waals surface area contributed by atoms with Crippen molar-refractivity contribution >= 4 is 12.0 Å². The van der Waals surface area contributed by atoms with Crippen molar-refractivity contribution in [2.24, 2.45) is 5.73 Å². The van der Waals surface area contributed by atoms with Crippen LogP contribution in [0.5, 0.6) is 0 Å². The molecule has 0 aromatic heterocycles. The summed E-state index contributed by atoms with van der Waals surface area (Å²) in [4.78, 5) is 28.5. The molecule has 2 fully saturated rings. The van der Waals surface area contributed by atoms with E-state index in [9.17, 15) is 9.59 Å². The monoisotopic (exact) mass is 345 g/mol. The SMILES string of the molecule is C[C@H](N)C(=O)N1CCC[C@H]1CN(C(=O)OCc1ccccc1)C1CC1. The Bertz CT molecular complexity index is 601. The minimum Gasteiger partial charge on any atom is -0.445 e. The van der Waals surface area contributed by atoms with Gasteiger partial charge < -0.3 is 20.3 Å². The van der Waals surface area contributed by atoms with Crippen molar-refractivity contribution in [3.63, 3.8) is 0 Å². The lowest BCUT2D eigenvalue weighted by Crippen LogP contribution is -2.50. The minimum absolute atomic E-state index is 0.0316. The fourth-order valence-corrected chi connectivity index (χ4v) is 3.37. The third-order valence-electron chi connectivity index (χ3n) is 4.88. The number of carbonyl (C=O) groups is 2. The molecular formula is C19H27N3O3. The van der Waals surface area contributed by atoms with Crippen LogP contribution in [0, 0.1) is 0 Å². The zero-order chi connectivity index (χ0) is 17.8. The molecule has 1 aliphatic heterocycles. The number of carbonyl (C=O) groups excluding carboxylic acids is 2. The molecule has 1 saturated heterocycles. The molecule has 2 atom stereocenters. The van der Waals surface area contributed by atoms with E-state index in [4.69, 9.17) is 10.5 Å². The second-order valence-electron chi connectivity index (χ2n) is 7.04. The molecule has 6 nitrogen and oxygen atoms in total. The van der Waals surface area contributed by atoms with E-state index in [1.807, 2.05) is 35.2 Å². The lowest BCUT2D eigenvalue weighted by atomic mass is 10.2. The zero-order valence-electron chi connectivity index (χ0n) is 14.8. The molecule has 0 bridgehead atoms. The summed E-state index contributed by atoms with van der Waals surface area (Å²) in [5, 5.41) is 0. The number of benzene rings is 1. The first kappa shape index (κ1) is 17.7. The summed E-state index contributed by atoms with van der Waals surface area (Å²) in [5.74, 6) is -0.0316. The van der Waals surface area contributed by atoms with E-state index in [0.29, 0.717) is 6.54 Å². The molecule has 2 aliphatic rings. The number of nitrogens with zero attached hydrogens (tertiary/aromatic N) is 2. The Balaban J connectivity index is 1.59. The van der Waals surface area contributed by atoms with E-state index in [2.05, 4.69) is 0 Å². The Morgan fingerprint density at radius 3 is 2.64 bits per heavy atom. The van der Waals surface area contributed by atoms with Crippen molar-refractivity contribution in [3.05, 3.63) is 35.9 Å². The maximum Gasteiger partial charge on any atom is 0.410 e. The predicted molar refractivity (Wildman–Crippen MR) is 94.7 cm³/mol. The number of likely N-dealkylation sites (tertiary alicyclic amines) is 1. The van der Waals surface area contributed by atoms with E-state index in [-0.39, 0.29) is 30.7 Å². The highest BCUT2D eigenvalue weighted by Gasteiger charge is 2.38. The molecule has 0 unspecified atom stereocenters. The maximum absolute atomic E-state index is 12.6. The van der Waals surface area contributed by atoms with E-state index in [1.165, 1.54) is 0 Å². The summed E-state index contributed by atoms with van der Waals surface area (Å²) >= 11 is 0. The van der Waals surface area contributed by atoms with Crippen LogP contribution in [0.15, 0.2) is 30.3 Å². The first-order valence-electron chi connectivity index (χ1n) is 9.09. The summed E-state index contributed by atoms with van der Waals surface area (Å²) in [5.41, 5.74) is 6.73. The van der Waals surface area contributed by atoms with Gasteiger partial charge in [0.15, 0.2) is 0 Å². The number of rotatable bonds is 6. The molecular weight excluding hydrogens is 318 g/mol. The van der Waals surface area contributed by atoms with Gasteiger partial charge in [0.1, 0.15) is 6.61 Å². The van der Waals surface area contributed by atoms with Gasteiger partial charge >= 0.3 is 6.09 Å². The highest BCUT2D eigenvalue weighted by molar-refractivity contribution is 5.81. The van der Waals surface area contributed by atoms with Gasteiger partial charge in [-0.3, -0.25) is 4.79 Å². The number of amides is 2. The number of hydrogen-bond donors (Lipinski definition) is 1. The van der Waals surface area contributed by atoms with Gasteiger partial charge in [-0.25, -0.2) is 4.79 Å². The van der Waals surface area contributed by atoms with Crippen LogP contribution in [0.25, 0.3) is 0 Å². The molecule has 0 radical (unpaired) electrons. The molecule has 136 valence electrons. The van der Waals surface area contributed by atoms with Crippen molar-refractivity contribution in [2.75, 3.05) is 13.1 Å². The van der Waals surface area contributed by atoms with Crippen molar-refractivity contribution in [2.45, 2.75) is 57.3 Å². The van der Waals surface area contributed by atoms with Crippen LogP contribution < -0.4 is 5.73 Å². The average molecular weight is 345 g/mol. The van der Waals surface area contributed by atoms with Gasteiger partial charge in [-0.2, -0.15) is 0 Å². The molecule has 1 aliphatic carbocycles. The fraction of sp³-hybridized carbons (Fsp3) is 0.579. The Hall–Kier alpha value is -2.08. The fourth-order valence-electron chi connectivity index (χ4n) is 3.37. The number of hydrogen-bond acceptors (Lipinski definition) is 4. The molecule has 0 spiro atoms.